The van der Waals surface area contributed by atoms with Gasteiger partial charge in [0.15, 0.2) is 17.3 Å². The molecule has 0 bridgehead atoms. The minimum absolute atomic E-state index is 0.0392. The van der Waals surface area contributed by atoms with Crippen LogP contribution in [0.25, 0.3) is 16.9 Å². The maximum atomic E-state index is 13.2. The van der Waals surface area contributed by atoms with E-state index in [0.717, 1.165) is 24.5 Å². The normalized spacial score (nSPS) is 16.2. The first kappa shape index (κ1) is 27.4. The van der Waals surface area contributed by atoms with Crippen LogP contribution < -0.4 is 20.5 Å². The number of benzene rings is 1. The van der Waals surface area contributed by atoms with Gasteiger partial charge in [-0.25, -0.2) is 19.3 Å². The summed E-state index contributed by atoms with van der Waals surface area (Å²) < 4.78 is 29.2. The van der Waals surface area contributed by atoms with Crippen LogP contribution in [-0.4, -0.2) is 85.5 Å². The molecule has 0 saturated carbocycles. The highest BCUT2D eigenvalue weighted by Gasteiger charge is 2.21. The van der Waals surface area contributed by atoms with E-state index in [1.807, 2.05) is 24.3 Å². The number of anilines is 4. The van der Waals surface area contributed by atoms with E-state index in [9.17, 15) is 9.00 Å². The second-order valence-corrected chi connectivity index (χ2v) is 12.6. The zero-order valence-electron chi connectivity index (χ0n) is 22.6. The molecule has 2 N–H and O–H groups in total. The van der Waals surface area contributed by atoms with E-state index in [0.29, 0.717) is 41.8 Å². The summed E-state index contributed by atoms with van der Waals surface area (Å²) in [5, 5.41) is 3.54. The molecule has 1 fully saturated rings. The fourth-order valence-electron chi connectivity index (χ4n) is 4.52. The van der Waals surface area contributed by atoms with Gasteiger partial charge in [-0.1, -0.05) is 6.08 Å². The molecule has 1 atom stereocenters. The predicted molar refractivity (Wildman–Crippen MR) is 157 cm³/mol. The second kappa shape index (κ2) is 11.5. The molecule has 3 aromatic heterocycles. The van der Waals surface area contributed by atoms with E-state index < -0.39 is 10.1 Å². The number of hydrogen-bond acceptors (Lipinski definition) is 10. The standard InChI is InChI=1S/C26H33N9O4S/c1-5-10-34-25(36)21-13-28-26(31-24(21)35(34)23-15-27-14-22(30-23)32-40(3,4)37)29-18-6-8-19(9-7-18)33-11-12-39-20(16-33)17-38-2/h5-9,13-15,20,40H,1,10-12,16-17H2,2-4H3,(H,28,29,31)(H,30,32,37)/t20-/m0/s1. The summed E-state index contributed by atoms with van der Waals surface area (Å²) >= 11 is 0. The van der Waals surface area contributed by atoms with E-state index >= 15 is 0 Å². The van der Waals surface area contributed by atoms with Crippen molar-refractivity contribution in [2.75, 3.05) is 60.9 Å². The average Bonchev–Trinajstić information content (AvgIpc) is 3.19. The van der Waals surface area contributed by atoms with E-state index in [4.69, 9.17) is 9.47 Å². The first-order valence-electron chi connectivity index (χ1n) is 12.7. The molecule has 5 rings (SSSR count). The van der Waals surface area contributed by atoms with Gasteiger partial charge in [0.05, 0.1) is 38.3 Å². The molecule has 0 radical (unpaired) electrons. The number of rotatable bonds is 10. The van der Waals surface area contributed by atoms with Gasteiger partial charge in [-0.2, -0.15) is 4.98 Å². The lowest BCUT2D eigenvalue weighted by molar-refractivity contribution is -0.0100. The molecule has 14 heteroatoms. The fourth-order valence-corrected chi connectivity index (χ4v) is 5.18. The van der Waals surface area contributed by atoms with Crippen LogP contribution in [0.4, 0.5) is 23.1 Å². The Labute approximate surface area is 232 Å². The predicted octanol–water partition coefficient (Wildman–Crippen LogP) is 1.76. The smallest absolute Gasteiger partial charge is 0.278 e. The summed E-state index contributed by atoms with van der Waals surface area (Å²) in [4.78, 5) is 33.3. The highest BCUT2D eigenvalue weighted by molar-refractivity contribution is 8.02. The molecular weight excluding hydrogens is 534 g/mol. The first-order chi connectivity index (χ1) is 19.3. The molecule has 0 unspecified atom stereocenters. The molecule has 212 valence electrons. The van der Waals surface area contributed by atoms with Crippen molar-refractivity contribution < 1.29 is 13.7 Å². The first-order valence-corrected chi connectivity index (χ1v) is 15.3. The van der Waals surface area contributed by atoms with Crippen LogP contribution in [0, 0.1) is 0 Å². The van der Waals surface area contributed by atoms with Crippen molar-refractivity contribution in [1.82, 2.24) is 29.3 Å². The molecule has 0 aliphatic carbocycles. The number of thiol groups is 1. The molecule has 1 aliphatic heterocycles. The number of aromatic nitrogens is 6. The Hall–Kier alpha value is -4.14. The van der Waals surface area contributed by atoms with Crippen molar-refractivity contribution in [1.29, 1.82) is 0 Å². The number of morpholine rings is 1. The van der Waals surface area contributed by atoms with Crippen LogP contribution in [0.15, 0.2) is 60.3 Å². The number of allylic oxidation sites excluding steroid dienone is 1. The molecule has 4 heterocycles. The van der Waals surface area contributed by atoms with Gasteiger partial charge in [0.25, 0.3) is 5.56 Å². The Kier molecular flexibility index (Phi) is 7.91. The van der Waals surface area contributed by atoms with Gasteiger partial charge in [-0.15, -0.1) is 6.58 Å². The molecule has 1 aliphatic rings. The van der Waals surface area contributed by atoms with Crippen molar-refractivity contribution in [3.63, 3.8) is 0 Å². The lowest BCUT2D eigenvalue weighted by atomic mass is 10.2. The molecule has 4 aromatic rings. The van der Waals surface area contributed by atoms with Gasteiger partial charge < -0.3 is 24.4 Å². The number of methoxy groups -OCH3 is 1. The van der Waals surface area contributed by atoms with Gasteiger partial charge >= 0.3 is 0 Å². The summed E-state index contributed by atoms with van der Waals surface area (Å²) in [5.41, 5.74) is 1.93. The van der Waals surface area contributed by atoms with E-state index in [1.54, 1.807) is 30.4 Å². The van der Waals surface area contributed by atoms with Gasteiger partial charge in [-0.3, -0.25) is 14.0 Å². The van der Waals surface area contributed by atoms with Gasteiger partial charge in [-0.05, 0) is 34.4 Å². The quantitative estimate of drug-likeness (QED) is 0.192. The third-order valence-electron chi connectivity index (χ3n) is 6.18. The van der Waals surface area contributed by atoms with Crippen molar-refractivity contribution in [2.24, 2.45) is 0 Å². The largest absolute Gasteiger partial charge is 0.382 e. The maximum Gasteiger partial charge on any atom is 0.278 e. The molecule has 0 spiro atoms. The SMILES string of the molecule is C=CCn1c(=O)c2cnc(Nc3ccc(N4CCO[C@H](COC)C4)cc3)nc2n1-c1cncc(N[SH](C)(C)=O)n1. The summed E-state index contributed by atoms with van der Waals surface area (Å²) in [5.74, 6) is 0.968. The minimum Gasteiger partial charge on any atom is -0.382 e. The number of ether oxygens (including phenoxy) is 2. The summed E-state index contributed by atoms with van der Waals surface area (Å²) in [6.07, 6.45) is 9.31. The van der Waals surface area contributed by atoms with Crippen LogP contribution >= 0.6 is 0 Å². The Morgan fingerprint density at radius 1 is 1.20 bits per heavy atom. The zero-order valence-corrected chi connectivity index (χ0v) is 23.5. The van der Waals surface area contributed by atoms with Gasteiger partial charge in [0, 0.05) is 50.3 Å². The molecule has 1 saturated heterocycles. The Balaban J connectivity index is 1.45. The molecule has 0 amide bonds. The van der Waals surface area contributed by atoms with E-state index in [-0.39, 0.29) is 18.2 Å². The molecule has 13 nitrogen and oxygen atoms in total. The lowest BCUT2D eigenvalue weighted by Crippen LogP contribution is -2.44. The summed E-state index contributed by atoms with van der Waals surface area (Å²) in [6.45, 7) is 6.75. The molecular formula is C26H33N9O4S. The number of fused-ring (bicyclic) bond motifs is 1. The van der Waals surface area contributed by atoms with Crippen molar-refractivity contribution in [3.8, 4) is 5.82 Å². The Morgan fingerprint density at radius 2 is 2.00 bits per heavy atom. The number of nitrogens with zero attached hydrogens (tertiary/aromatic N) is 7. The van der Waals surface area contributed by atoms with E-state index in [1.165, 1.54) is 23.3 Å². The summed E-state index contributed by atoms with van der Waals surface area (Å²) in [6, 6.07) is 7.96. The number of nitrogens with one attached hydrogen (secondary N) is 2. The Morgan fingerprint density at radius 3 is 2.73 bits per heavy atom. The molecule has 1 aromatic carbocycles. The third-order valence-corrected chi connectivity index (χ3v) is 6.95. The monoisotopic (exact) mass is 567 g/mol. The Bertz CT molecular complexity index is 1610. The van der Waals surface area contributed by atoms with Gasteiger partial charge in [0.2, 0.25) is 5.95 Å². The zero-order chi connectivity index (χ0) is 28.3. The maximum absolute atomic E-state index is 13.2. The van der Waals surface area contributed by atoms with Crippen LogP contribution in [-0.2, 0) is 26.1 Å². The highest BCUT2D eigenvalue weighted by Crippen LogP contribution is 2.23. The average molecular weight is 568 g/mol. The van der Waals surface area contributed by atoms with Crippen molar-refractivity contribution in [3.05, 3.63) is 65.9 Å². The third kappa shape index (κ3) is 6.03. The van der Waals surface area contributed by atoms with Crippen LogP contribution in [0.3, 0.4) is 0 Å². The van der Waals surface area contributed by atoms with Crippen molar-refractivity contribution in [2.45, 2.75) is 12.6 Å². The van der Waals surface area contributed by atoms with Gasteiger partial charge in [0.1, 0.15) is 5.39 Å². The van der Waals surface area contributed by atoms with Crippen LogP contribution in [0.1, 0.15) is 0 Å². The molecule has 40 heavy (non-hydrogen) atoms. The fraction of sp³-hybridized carbons (Fsp3) is 0.346. The number of hydrogen-bond donors (Lipinski definition) is 3. The van der Waals surface area contributed by atoms with Crippen LogP contribution in [0.2, 0.25) is 0 Å². The second-order valence-electron chi connectivity index (χ2n) is 9.71. The lowest BCUT2D eigenvalue weighted by Gasteiger charge is -2.34. The van der Waals surface area contributed by atoms with Crippen molar-refractivity contribution >= 4 is 44.3 Å². The summed E-state index contributed by atoms with van der Waals surface area (Å²) in [7, 11) is -0.955. The van der Waals surface area contributed by atoms with Crippen LogP contribution in [0.5, 0.6) is 0 Å². The van der Waals surface area contributed by atoms with E-state index in [2.05, 4.69) is 41.5 Å². The topological polar surface area (TPSA) is 141 Å². The highest BCUT2D eigenvalue weighted by atomic mass is 32.3. The minimum atomic E-state index is -2.63.